The van der Waals surface area contributed by atoms with Gasteiger partial charge in [0.25, 0.3) is 5.91 Å². The molecule has 2 amide bonds. The van der Waals surface area contributed by atoms with Gasteiger partial charge in [-0.3, -0.25) is 9.59 Å². The van der Waals surface area contributed by atoms with Crippen LogP contribution in [-0.4, -0.2) is 18.9 Å². The Balaban J connectivity index is 1.20. The fraction of sp³-hybridized carbons (Fsp3) is 0.481. The summed E-state index contributed by atoms with van der Waals surface area (Å²) in [4.78, 5) is 25.8. The molecule has 5 heteroatoms. The highest BCUT2D eigenvalue weighted by Crippen LogP contribution is 2.60. The largest absolute Gasteiger partial charge is 0.495 e. The Labute approximate surface area is 189 Å². The van der Waals surface area contributed by atoms with E-state index < -0.39 is 0 Å². The van der Waals surface area contributed by atoms with E-state index in [1.807, 2.05) is 49.4 Å². The third-order valence-corrected chi connectivity index (χ3v) is 7.79. The van der Waals surface area contributed by atoms with E-state index in [1.54, 1.807) is 7.11 Å². The molecular weight excluding hydrogens is 400 g/mol. The minimum Gasteiger partial charge on any atom is -0.495 e. The average Bonchev–Trinajstić information content (AvgIpc) is 2.77. The van der Waals surface area contributed by atoms with Crippen LogP contribution >= 0.6 is 0 Å². The summed E-state index contributed by atoms with van der Waals surface area (Å²) in [5, 5.41) is 6.14. The molecule has 2 N–H and O–H groups in total. The number of anilines is 1. The van der Waals surface area contributed by atoms with Crippen molar-refractivity contribution in [2.45, 2.75) is 52.0 Å². The predicted molar refractivity (Wildman–Crippen MR) is 125 cm³/mol. The second-order valence-corrected chi connectivity index (χ2v) is 10.2. The van der Waals surface area contributed by atoms with E-state index in [0.29, 0.717) is 23.5 Å². The summed E-state index contributed by atoms with van der Waals surface area (Å²) < 4.78 is 5.34. The first kappa shape index (κ1) is 21.0. The molecule has 0 saturated heterocycles. The van der Waals surface area contributed by atoms with Gasteiger partial charge in [-0.15, -0.1) is 0 Å². The van der Waals surface area contributed by atoms with E-state index in [0.717, 1.165) is 48.1 Å². The number of ether oxygens (including phenoxy) is 1. The summed E-state index contributed by atoms with van der Waals surface area (Å²) in [6.07, 6.45) is 7.24. The molecule has 4 aliphatic rings. The first-order valence-corrected chi connectivity index (χ1v) is 11.8. The van der Waals surface area contributed by atoms with Crippen molar-refractivity contribution in [1.29, 1.82) is 0 Å². The molecule has 5 nitrogen and oxygen atoms in total. The van der Waals surface area contributed by atoms with Gasteiger partial charge >= 0.3 is 0 Å². The third-order valence-electron chi connectivity index (χ3n) is 7.79. The van der Waals surface area contributed by atoms with Crippen LogP contribution in [0, 0.1) is 30.1 Å². The lowest BCUT2D eigenvalue weighted by Crippen LogP contribution is -2.53. The number of aryl methyl sites for hydroxylation is 1. The molecule has 4 saturated carbocycles. The monoisotopic (exact) mass is 432 g/mol. The van der Waals surface area contributed by atoms with Gasteiger partial charge in [-0.2, -0.15) is 0 Å². The number of nitrogens with one attached hydrogen (secondary N) is 2. The van der Waals surface area contributed by atoms with Crippen molar-refractivity contribution >= 4 is 17.5 Å². The van der Waals surface area contributed by atoms with Crippen LogP contribution in [0.5, 0.6) is 5.75 Å². The average molecular weight is 433 g/mol. The Morgan fingerprint density at radius 1 is 0.969 bits per heavy atom. The fourth-order valence-electron chi connectivity index (χ4n) is 6.65. The maximum absolute atomic E-state index is 13.1. The summed E-state index contributed by atoms with van der Waals surface area (Å²) in [5.41, 5.74) is 3.16. The molecule has 4 fully saturated rings. The van der Waals surface area contributed by atoms with Gasteiger partial charge in [-0.1, -0.05) is 18.2 Å². The highest BCUT2D eigenvalue weighted by Gasteiger charge is 2.54. The van der Waals surface area contributed by atoms with Crippen LogP contribution < -0.4 is 15.4 Å². The Kier molecular flexibility index (Phi) is 5.44. The number of hydrogen-bond acceptors (Lipinski definition) is 3. The molecular formula is C27H32N2O3. The number of benzene rings is 2. The molecule has 0 unspecified atom stereocenters. The summed E-state index contributed by atoms with van der Waals surface area (Å²) in [6.45, 7) is 2.48. The highest BCUT2D eigenvalue weighted by molar-refractivity contribution is 6.05. The number of carbonyl (C=O) groups excluding carboxylic acids is 2. The number of hydrogen-bond donors (Lipinski definition) is 2. The van der Waals surface area contributed by atoms with Crippen LogP contribution in [0.2, 0.25) is 0 Å². The number of amides is 2. The highest BCUT2D eigenvalue weighted by atomic mass is 16.5. The van der Waals surface area contributed by atoms with Gasteiger partial charge in [0.05, 0.1) is 12.8 Å². The summed E-state index contributed by atoms with van der Waals surface area (Å²) >= 11 is 0. The molecule has 0 atom stereocenters. The minimum absolute atomic E-state index is 0.124. The SMILES string of the molecule is COc1ccc(C)cc1NC(=O)c1ccc(CNC(=O)C23CC4CC(CC(C4)C2)C3)cc1. The lowest BCUT2D eigenvalue weighted by atomic mass is 9.49. The van der Waals surface area contributed by atoms with E-state index in [4.69, 9.17) is 4.74 Å². The lowest BCUT2D eigenvalue weighted by Gasteiger charge is -2.55. The van der Waals surface area contributed by atoms with Crippen molar-refractivity contribution in [3.63, 3.8) is 0 Å². The van der Waals surface area contributed by atoms with Gasteiger partial charge in [0, 0.05) is 17.5 Å². The maximum atomic E-state index is 13.1. The van der Waals surface area contributed by atoms with E-state index in [2.05, 4.69) is 10.6 Å². The van der Waals surface area contributed by atoms with Gasteiger partial charge in [0.1, 0.15) is 5.75 Å². The molecule has 2 aromatic carbocycles. The minimum atomic E-state index is -0.182. The van der Waals surface area contributed by atoms with Crippen LogP contribution in [0.4, 0.5) is 5.69 Å². The van der Waals surface area contributed by atoms with Crippen molar-refractivity contribution in [2.75, 3.05) is 12.4 Å². The molecule has 0 spiro atoms. The first-order valence-electron chi connectivity index (χ1n) is 11.8. The van der Waals surface area contributed by atoms with E-state index in [-0.39, 0.29) is 17.2 Å². The lowest BCUT2D eigenvalue weighted by molar-refractivity contribution is -0.146. The molecule has 168 valence electrons. The smallest absolute Gasteiger partial charge is 0.255 e. The molecule has 6 rings (SSSR count). The zero-order valence-electron chi connectivity index (χ0n) is 18.9. The van der Waals surface area contributed by atoms with Gasteiger partial charge < -0.3 is 15.4 Å². The second-order valence-electron chi connectivity index (χ2n) is 10.2. The Bertz CT molecular complexity index is 992. The molecule has 2 aromatic rings. The van der Waals surface area contributed by atoms with E-state index in [1.165, 1.54) is 19.3 Å². The number of carbonyl (C=O) groups is 2. The second kappa shape index (κ2) is 8.27. The molecule has 0 heterocycles. The van der Waals surface area contributed by atoms with Crippen molar-refractivity contribution in [3.05, 3.63) is 59.2 Å². The maximum Gasteiger partial charge on any atom is 0.255 e. The van der Waals surface area contributed by atoms with Crippen molar-refractivity contribution in [1.82, 2.24) is 5.32 Å². The summed E-state index contributed by atoms with van der Waals surface area (Å²) in [5.74, 6) is 2.97. The molecule has 32 heavy (non-hydrogen) atoms. The predicted octanol–water partition coefficient (Wildman–Crippen LogP) is 5.09. The van der Waals surface area contributed by atoms with E-state index in [9.17, 15) is 9.59 Å². The Hall–Kier alpha value is -2.82. The Morgan fingerprint density at radius 3 is 2.19 bits per heavy atom. The molecule has 0 aliphatic heterocycles. The topological polar surface area (TPSA) is 67.4 Å². The van der Waals surface area contributed by atoms with Crippen LogP contribution in [0.3, 0.4) is 0 Å². The molecule has 0 radical (unpaired) electrons. The van der Waals surface area contributed by atoms with Crippen LogP contribution in [0.25, 0.3) is 0 Å². The van der Waals surface area contributed by atoms with Crippen molar-refractivity contribution in [3.8, 4) is 5.75 Å². The zero-order valence-corrected chi connectivity index (χ0v) is 18.9. The first-order chi connectivity index (χ1) is 15.4. The molecule has 4 aliphatic carbocycles. The van der Waals surface area contributed by atoms with E-state index >= 15 is 0 Å². The van der Waals surface area contributed by atoms with Crippen molar-refractivity contribution in [2.24, 2.45) is 23.2 Å². The normalized spacial score (nSPS) is 27.8. The van der Waals surface area contributed by atoms with Gasteiger partial charge in [-0.25, -0.2) is 0 Å². The van der Waals surface area contributed by atoms with Crippen LogP contribution in [0.1, 0.15) is 60.0 Å². The summed E-state index contributed by atoms with van der Waals surface area (Å²) in [6, 6.07) is 13.1. The molecule has 0 aromatic heterocycles. The van der Waals surface area contributed by atoms with Crippen LogP contribution in [-0.2, 0) is 11.3 Å². The fourth-order valence-corrected chi connectivity index (χ4v) is 6.65. The number of rotatable bonds is 6. The Morgan fingerprint density at radius 2 is 1.59 bits per heavy atom. The zero-order chi connectivity index (χ0) is 22.3. The standard InChI is InChI=1S/C27H32N2O3/c1-17-3-8-24(32-2)23(9-17)29-25(30)22-6-4-18(5-7-22)16-28-26(31)27-13-19-10-20(14-27)12-21(11-19)15-27/h3-9,19-21H,10-16H2,1-2H3,(H,28,31)(H,29,30). The van der Waals surface area contributed by atoms with Gasteiger partial charge in [0.15, 0.2) is 0 Å². The van der Waals surface area contributed by atoms with Crippen LogP contribution in [0.15, 0.2) is 42.5 Å². The summed E-state index contributed by atoms with van der Waals surface area (Å²) in [7, 11) is 1.59. The molecule has 4 bridgehead atoms. The van der Waals surface area contributed by atoms with Crippen molar-refractivity contribution < 1.29 is 14.3 Å². The number of methoxy groups -OCH3 is 1. The quantitative estimate of drug-likeness (QED) is 0.668. The van der Waals surface area contributed by atoms with Gasteiger partial charge in [-0.05, 0) is 98.6 Å². The third kappa shape index (κ3) is 4.01. The van der Waals surface area contributed by atoms with Gasteiger partial charge in [0.2, 0.25) is 5.91 Å².